The summed E-state index contributed by atoms with van der Waals surface area (Å²) >= 11 is 5.16. The number of carbonyl (C=O) groups is 2. The van der Waals surface area contributed by atoms with Crippen LogP contribution in [0.15, 0.2) is 30.3 Å². The molecule has 0 saturated carbocycles. The highest BCUT2D eigenvalue weighted by molar-refractivity contribution is 6.63. The van der Waals surface area contributed by atoms with Gasteiger partial charge < -0.3 is 0 Å². The van der Waals surface area contributed by atoms with Crippen LogP contribution in [0.4, 0.5) is 4.79 Å². The molecule has 4 heteroatoms. The van der Waals surface area contributed by atoms with E-state index in [1.54, 1.807) is 0 Å². The van der Waals surface area contributed by atoms with Crippen LogP contribution in [-0.4, -0.2) is 23.2 Å². The van der Waals surface area contributed by atoms with Gasteiger partial charge in [0.25, 0.3) is 0 Å². The molecule has 0 aliphatic carbocycles. The first-order valence-corrected chi connectivity index (χ1v) is 4.49. The summed E-state index contributed by atoms with van der Waals surface area (Å²) in [6, 6.07) is 9.19. The van der Waals surface area contributed by atoms with Crippen molar-refractivity contribution >= 4 is 22.9 Å². The van der Waals surface area contributed by atoms with Crippen LogP contribution in [0.3, 0.4) is 0 Å². The molecule has 0 aromatic heterocycles. The van der Waals surface area contributed by atoms with E-state index in [1.165, 1.54) is 7.05 Å². The minimum atomic E-state index is -0.758. The average molecular weight is 212 g/mol. The lowest BCUT2D eigenvalue weighted by molar-refractivity contribution is -0.126. The molecule has 0 aliphatic heterocycles. The van der Waals surface area contributed by atoms with Crippen LogP contribution in [0.1, 0.15) is 5.56 Å². The standard InChI is InChI=1S/C10H10ClNO2/c1-12(10(11)14)9(13)7-8-5-3-2-4-6-8/h2-6H,7H2,1H3. The first-order chi connectivity index (χ1) is 6.61. The summed E-state index contributed by atoms with van der Waals surface area (Å²) in [7, 11) is 1.36. The molecule has 3 nitrogen and oxygen atoms in total. The van der Waals surface area contributed by atoms with Crippen LogP contribution in [0, 0.1) is 0 Å². The maximum absolute atomic E-state index is 11.4. The number of benzene rings is 1. The number of halogens is 1. The fourth-order valence-electron chi connectivity index (χ4n) is 0.987. The predicted molar refractivity (Wildman–Crippen MR) is 54.2 cm³/mol. The molecular formula is C10H10ClNO2. The van der Waals surface area contributed by atoms with E-state index in [0.29, 0.717) is 0 Å². The van der Waals surface area contributed by atoms with Gasteiger partial charge in [-0.25, -0.2) is 0 Å². The van der Waals surface area contributed by atoms with Crippen molar-refractivity contribution in [2.45, 2.75) is 6.42 Å². The van der Waals surface area contributed by atoms with Crippen LogP contribution in [0.5, 0.6) is 0 Å². The molecule has 0 spiro atoms. The van der Waals surface area contributed by atoms with Gasteiger partial charge >= 0.3 is 5.37 Å². The molecule has 14 heavy (non-hydrogen) atoms. The van der Waals surface area contributed by atoms with Crippen LogP contribution in [-0.2, 0) is 11.2 Å². The summed E-state index contributed by atoms with van der Waals surface area (Å²) in [5, 5.41) is -0.758. The van der Waals surface area contributed by atoms with E-state index in [1.807, 2.05) is 30.3 Å². The maximum Gasteiger partial charge on any atom is 0.322 e. The normalized spacial score (nSPS) is 9.57. The molecular weight excluding hydrogens is 202 g/mol. The predicted octanol–water partition coefficient (Wildman–Crippen LogP) is 2.05. The molecule has 1 aromatic rings. The van der Waals surface area contributed by atoms with Gasteiger partial charge in [-0.2, -0.15) is 0 Å². The minimum Gasteiger partial charge on any atom is -0.274 e. The molecule has 0 saturated heterocycles. The lowest BCUT2D eigenvalue weighted by Crippen LogP contribution is -2.30. The molecule has 0 atom stereocenters. The Labute approximate surface area is 87.3 Å². The zero-order valence-corrected chi connectivity index (χ0v) is 8.49. The van der Waals surface area contributed by atoms with Gasteiger partial charge in [0.15, 0.2) is 0 Å². The smallest absolute Gasteiger partial charge is 0.274 e. The summed E-state index contributed by atoms with van der Waals surface area (Å²) in [6.45, 7) is 0. The van der Waals surface area contributed by atoms with Crippen molar-refractivity contribution in [2.75, 3.05) is 7.05 Å². The molecule has 0 unspecified atom stereocenters. The molecule has 0 fully saturated rings. The zero-order valence-electron chi connectivity index (χ0n) is 7.74. The lowest BCUT2D eigenvalue weighted by Gasteiger charge is -2.10. The summed E-state index contributed by atoms with van der Waals surface area (Å²) < 4.78 is 0. The van der Waals surface area contributed by atoms with Crippen LogP contribution in [0.2, 0.25) is 0 Å². The third-order valence-electron chi connectivity index (χ3n) is 1.84. The van der Waals surface area contributed by atoms with Gasteiger partial charge in [0.05, 0.1) is 6.42 Å². The van der Waals surface area contributed by atoms with Gasteiger partial charge in [-0.05, 0) is 17.2 Å². The van der Waals surface area contributed by atoms with Gasteiger partial charge in [-0.15, -0.1) is 0 Å². The number of hydrogen-bond donors (Lipinski definition) is 0. The fourth-order valence-corrected chi connectivity index (χ4v) is 1.08. The molecule has 1 aromatic carbocycles. The van der Waals surface area contributed by atoms with Crippen LogP contribution < -0.4 is 0 Å². The Bertz CT molecular complexity index is 337. The second-order valence-electron chi connectivity index (χ2n) is 2.87. The highest BCUT2D eigenvalue weighted by atomic mass is 35.5. The van der Waals surface area contributed by atoms with Gasteiger partial charge in [0, 0.05) is 7.05 Å². The Hall–Kier alpha value is -1.35. The number of hydrogen-bond acceptors (Lipinski definition) is 2. The van der Waals surface area contributed by atoms with Gasteiger partial charge in [-0.1, -0.05) is 30.3 Å². The monoisotopic (exact) mass is 211 g/mol. The molecule has 0 radical (unpaired) electrons. The van der Waals surface area contributed by atoms with Crippen LogP contribution >= 0.6 is 11.6 Å². The molecule has 74 valence electrons. The quantitative estimate of drug-likeness (QED) is 0.555. The summed E-state index contributed by atoms with van der Waals surface area (Å²) in [6.07, 6.45) is 0.190. The number of likely N-dealkylation sites (N-methyl/N-ethyl adjacent to an activating group) is 1. The van der Waals surface area contributed by atoms with Crippen molar-refractivity contribution in [2.24, 2.45) is 0 Å². The third kappa shape index (κ3) is 2.85. The molecule has 0 aliphatic rings. The molecule has 0 bridgehead atoms. The van der Waals surface area contributed by atoms with E-state index in [2.05, 4.69) is 0 Å². The van der Waals surface area contributed by atoms with Crippen molar-refractivity contribution in [1.82, 2.24) is 4.90 Å². The van der Waals surface area contributed by atoms with Gasteiger partial charge in [0.2, 0.25) is 5.91 Å². The SMILES string of the molecule is CN(C(=O)Cl)C(=O)Cc1ccccc1. The van der Waals surface area contributed by atoms with Crippen LogP contribution in [0.25, 0.3) is 0 Å². The Balaban J connectivity index is 2.62. The Morgan fingerprint density at radius 2 is 1.86 bits per heavy atom. The van der Waals surface area contributed by atoms with E-state index < -0.39 is 5.37 Å². The van der Waals surface area contributed by atoms with E-state index in [0.717, 1.165) is 10.5 Å². The molecule has 0 heterocycles. The average Bonchev–Trinajstić information content (AvgIpc) is 2.18. The van der Waals surface area contributed by atoms with E-state index >= 15 is 0 Å². The Morgan fingerprint density at radius 3 is 2.36 bits per heavy atom. The topological polar surface area (TPSA) is 37.4 Å². The van der Waals surface area contributed by atoms with Crippen molar-refractivity contribution in [1.29, 1.82) is 0 Å². The molecule has 0 N–H and O–H groups in total. The summed E-state index contributed by atoms with van der Waals surface area (Å²) in [4.78, 5) is 22.9. The number of nitrogens with zero attached hydrogens (tertiary/aromatic N) is 1. The fraction of sp³-hybridized carbons (Fsp3) is 0.200. The van der Waals surface area contributed by atoms with Crippen molar-refractivity contribution in [3.05, 3.63) is 35.9 Å². The number of amides is 2. The zero-order chi connectivity index (χ0) is 10.6. The van der Waals surface area contributed by atoms with E-state index in [4.69, 9.17) is 11.6 Å². The van der Waals surface area contributed by atoms with Crippen molar-refractivity contribution < 1.29 is 9.59 Å². The maximum atomic E-state index is 11.4. The van der Waals surface area contributed by atoms with Crippen molar-refractivity contribution in [3.63, 3.8) is 0 Å². The van der Waals surface area contributed by atoms with E-state index in [-0.39, 0.29) is 12.3 Å². The number of rotatable bonds is 2. The first-order valence-electron chi connectivity index (χ1n) is 4.11. The second kappa shape index (κ2) is 4.77. The Kier molecular flexibility index (Phi) is 3.65. The minimum absolute atomic E-state index is 0.190. The first kappa shape index (κ1) is 10.7. The summed E-state index contributed by atoms with van der Waals surface area (Å²) in [5.41, 5.74) is 0.863. The lowest BCUT2D eigenvalue weighted by atomic mass is 10.1. The summed E-state index contributed by atoms with van der Waals surface area (Å²) in [5.74, 6) is -0.309. The van der Waals surface area contributed by atoms with E-state index in [9.17, 15) is 9.59 Å². The number of imide groups is 1. The Morgan fingerprint density at radius 1 is 1.29 bits per heavy atom. The molecule has 1 rings (SSSR count). The number of carbonyl (C=O) groups excluding carboxylic acids is 2. The largest absolute Gasteiger partial charge is 0.322 e. The molecule has 2 amide bonds. The highest BCUT2D eigenvalue weighted by Crippen LogP contribution is 2.03. The highest BCUT2D eigenvalue weighted by Gasteiger charge is 2.14. The van der Waals surface area contributed by atoms with Gasteiger partial charge in [-0.3, -0.25) is 14.5 Å². The van der Waals surface area contributed by atoms with Gasteiger partial charge in [0.1, 0.15) is 0 Å². The third-order valence-corrected chi connectivity index (χ3v) is 2.09. The van der Waals surface area contributed by atoms with Crippen molar-refractivity contribution in [3.8, 4) is 0 Å². The second-order valence-corrected chi connectivity index (χ2v) is 3.19.